The Labute approximate surface area is 124 Å². The number of primary amides is 1. The maximum atomic E-state index is 13.4. The molecule has 0 saturated carbocycles. The van der Waals surface area contributed by atoms with Crippen molar-refractivity contribution >= 4 is 5.91 Å². The van der Waals surface area contributed by atoms with Gasteiger partial charge in [-0.05, 0) is 37.7 Å². The number of likely N-dealkylation sites (N-methyl/N-ethyl adjacent to an activating group) is 1. The van der Waals surface area contributed by atoms with Crippen molar-refractivity contribution in [2.45, 2.75) is 26.3 Å². The lowest BCUT2D eigenvalue weighted by Gasteiger charge is -2.29. The quantitative estimate of drug-likeness (QED) is 0.766. The fourth-order valence-corrected chi connectivity index (χ4v) is 2.14. The van der Waals surface area contributed by atoms with Crippen LogP contribution in [-0.4, -0.2) is 37.0 Å². The van der Waals surface area contributed by atoms with Gasteiger partial charge in [0.15, 0.2) is 11.6 Å². The molecule has 6 heteroatoms. The number of nitrogens with two attached hydrogens (primary N) is 1. The lowest BCUT2D eigenvalue weighted by atomic mass is 9.91. The van der Waals surface area contributed by atoms with E-state index in [0.29, 0.717) is 12.1 Å². The zero-order chi connectivity index (χ0) is 16.0. The Morgan fingerprint density at radius 1 is 1.29 bits per heavy atom. The second-order valence-corrected chi connectivity index (χ2v) is 5.07. The fraction of sp³-hybridized carbons (Fsp3) is 0.533. The van der Waals surface area contributed by atoms with Gasteiger partial charge in [-0.3, -0.25) is 10.1 Å². The van der Waals surface area contributed by atoms with Gasteiger partial charge in [0.25, 0.3) is 0 Å². The van der Waals surface area contributed by atoms with Crippen LogP contribution in [0.3, 0.4) is 0 Å². The molecule has 0 bridgehead atoms. The molecule has 3 N–H and O–H groups in total. The van der Waals surface area contributed by atoms with Crippen LogP contribution < -0.4 is 11.1 Å². The van der Waals surface area contributed by atoms with Gasteiger partial charge in [0, 0.05) is 13.1 Å². The highest BCUT2D eigenvalue weighted by molar-refractivity contribution is 5.85. The summed E-state index contributed by atoms with van der Waals surface area (Å²) in [6.45, 7) is 8.72. The first-order chi connectivity index (χ1) is 9.85. The van der Waals surface area contributed by atoms with E-state index in [1.165, 1.54) is 6.07 Å². The van der Waals surface area contributed by atoms with E-state index in [1.54, 1.807) is 6.92 Å². The molecule has 4 nitrogen and oxygen atoms in total. The SMILES string of the molecule is CCN(CC)CCNC(C)(C(N)=O)c1ccc(F)c(F)c1. The number of hydrogen-bond donors (Lipinski definition) is 2. The molecule has 0 aromatic heterocycles. The minimum absolute atomic E-state index is 0.313. The van der Waals surface area contributed by atoms with Crippen molar-refractivity contribution in [2.24, 2.45) is 5.73 Å². The van der Waals surface area contributed by atoms with Crippen LogP contribution in [0.15, 0.2) is 18.2 Å². The first-order valence-electron chi connectivity index (χ1n) is 7.08. The van der Waals surface area contributed by atoms with E-state index in [9.17, 15) is 13.6 Å². The minimum atomic E-state index is -1.23. The summed E-state index contributed by atoms with van der Waals surface area (Å²) in [7, 11) is 0. The van der Waals surface area contributed by atoms with E-state index in [1.807, 2.05) is 13.8 Å². The molecule has 1 atom stereocenters. The fourth-order valence-electron chi connectivity index (χ4n) is 2.14. The maximum absolute atomic E-state index is 13.4. The van der Waals surface area contributed by atoms with E-state index in [0.717, 1.165) is 31.8 Å². The van der Waals surface area contributed by atoms with Crippen molar-refractivity contribution in [1.82, 2.24) is 10.2 Å². The Bertz CT molecular complexity index is 492. The molecule has 1 aromatic carbocycles. The molecule has 0 heterocycles. The molecule has 118 valence electrons. The molecule has 0 radical (unpaired) electrons. The molecule has 1 amide bonds. The van der Waals surface area contributed by atoms with Crippen molar-refractivity contribution in [2.75, 3.05) is 26.2 Å². The minimum Gasteiger partial charge on any atom is -0.368 e. The summed E-state index contributed by atoms with van der Waals surface area (Å²) in [5, 5.41) is 3.05. The van der Waals surface area contributed by atoms with Crippen LogP contribution in [0.4, 0.5) is 8.78 Å². The van der Waals surface area contributed by atoms with Gasteiger partial charge in [-0.15, -0.1) is 0 Å². The third-order valence-corrected chi connectivity index (χ3v) is 3.79. The molecule has 0 aliphatic heterocycles. The smallest absolute Gasteiger partial charge is 0.242 e. The van der Waals surface area contributed by atoms with Crippen LogP contribution in [-0.2, 0) is 10.3 Å². The molecular weight excluding hydrogens is 276 g/mol. The largest absolute Gasteiger partial charge is 0.368 e. The summed E-state index contributed by atoms with van der Waals surface area (Å²) in [6, 6.07) is 3.37. The monoisotopic (exact) mass is 299 g/mol. The van der Waals surface area contributed by atoms with E-state index in [2.05, 4.69) is 10.2 Å². The molecule has 1 aromatic rings. The van der Waals surface area contributed by atoms with E-state index in [4.69, 9.17) is 5.73 Å². The van der Waals surface area contributed by atoms with Crippen LogP contribution in [0.2, 0.25) is 0 Å². The topological polar surface area (TPSA) is 58.4 Å². The average molecular weight is 299 g/mol. The summed E-state index contributed by atoms with van der Waals surface area (Å²) in [5.41, 5.74) is 4.52. The highest BCUT2D eigenvalue weighted by Crippen LogP contribution is 2.22. The van der Waals surface area contributed by atoms with Crippen LogP contribution in [0, 0.1) is 11.6 Å². The third kappa shape index (κ3) is 4.22. The standard InChI is InChI=1S/C15H23F2N3O/c1-4-20(5-2)9-8-19-15(3,14(18)21)11-6-7-12(16)13(17)10-11/h6-7,10,19H,4-5,8-9H2,1-3H3,(H2,18,21). The van der Waals surface area contributed by atoms with Crippen molar-refractivity contribution < 1.29 is 13.6 Å². The van der Waals surface area contributed by atoms with Crippen LogP contribution in [0.5, 0.6) is 0 Å². The Balaban J connectivity index is 2.87. The molecule has 1 rings (SSSR count). The Morgan fingerprint density at radius 2 is 1.90 bits per heavy atom. The van der Waals surface area contributed by atoms with Gasteiger partial charge in [0.2, 0.25) is 5.91 Å². The number of carbonyl (C=O) groups is 1. The van der Waals surface area contributed by atoms with Gasteiger partial charge >= 0.3 is 0 Å². The first kappa shape index (κ1) is 17.5. The van der Waals surface area contributed by atoms with Crippen LogP contribution >= 0.6 is 0 Å². The summed E-state index contributed by atoms with van der Waals surface area (Å²) < 4.78 is 26.4. The van der Waals surface area contributed by atoms with Crippen molar-refractivity contribution in [3.8, 4) is 0 Å². The molecular formula is C15H23F2N3O. The number of amides is 1. The van der Waals surface area contributed by atoms with Crippen molar-refractivity contribution in [3.63, 3.8) is 0 Å². The molecule has 0 spiro atoms. The van der Waals surface area contributed by atoms with Crippen molar-refractivity contribution in [1.29, 1.82) is 0 Å². The lowest BCUT2D eigenvalue weighted by Crippen LogP contribution is -2.52. The lowest BCUT2D eigenvalue weighted by molar-refractivity contribution is -0.124. The van der Waals surface area contributed by atoms with E-state index in [-0.39, 0.29) is 0 Å². The zero-order valence-corrected chi connectivity index (χ0v) is 12.7. The molecule has 0 saturated heterocycles. The summed E-state index contributed by atoms with van der Waals surface area (Å²) in [5.74, 6) is -2.58. The van der Waals surface area contributed by atoms with Gasteiger partial charge < -0.3 is 10.6 Å². The number of hydrogen-bond acceptors (Lipinski definition) is 3. The normalized spacial score (nSPS) is 14.2. The first-order valence-corrected chi connectivity index (χ1v) is 7.08. The number of rotatable bonds is 8. The average Bonchev–Trinajstić information content (AvgIpc) is 2.46. The number of nitrogens with zero attached hydrogens (tertiary/aromatic N) is 1. The summed E-state index contributed by atoms with van der Waals surface area (Å²) >= 11 is 0. The van der Waals surface area contributed by atoms with E-state index >= 15 is 0 Å². The number of carbonyl (C=O) groups excluding carboxylic acids is 1. The molecule has 0 fully saturated rings. The summed E-state index contributed by atoms with van der Waals surface area (Å²) in [6.07, 6.45) is 0. The van der Waals surface area contributed by atoms with Crippen molar-refractivity contribution in [3.05, 3.63) is 35.4 Å². The van der Waals surface area contributed by atoms with Crippen LogP contribution in [0.25, 0.3) is 0 Å². The highest BCUT2D eigenvalue weighted by Gasteiger charge is 2.33. The predicted molar refractivity (Wildman–Crippen MR) is 78.7 cm³/mol. The summed E-state index contributed by atoms with van der Waals surface area (Å²) in [4.78, 5) is 13.9. The molecule has 0 aliphatic carbocycles. The number of benzene rings is 1. The van der Waals surface area contributed by atoms with E-state index < -0.39 is 23.1 Å². The van der Waals surface area contributed by atoms with Gasteiger partial charge in [0.1, 0.15) is 5.54 Å². The predicted octanol–water partition coefficient (Wildman–Crippen LogP) is 1.60. The molecule has 1 unspecified atom stereocenters. The highest BCUT2D eigenvalue weighted by atomic mass is 19.2. The second-order valence-electron chi connectivity index (χ2n) is 5.07. The Morgan fingerprint density at radius 3 is 2.38 bits per heavy atom. The third-order valence-electron chi connectivity index (χ3n) is 3.79. The Kier molecular flexibility index (Phi) is 6.23. The maximum Gasteiger partial charge on any atom is 0.242 e. The Hall–Kier alpha value is -1.53. The zero-order valence-electron chi connectivity index (χ0n) is 12.7. The molecule has 0 aliphatic rings. The van der Waals surface area contributed by atoms with Gasteiger partial charge in [-0.25, -0.2) is 8.78 Å². The van der Waals surface area contributed by atoms with Gasteiger partial charge in [-0.2, -0.15) is 0 Å². The second kappa shape index (κ2) is 7.47. The molecule has 21 heavy (non-hydrogen) atoms. The van der Waals surface area contributed by atoms with Crippen LogP contribution in [0.1, 0.15) is 26.3 Å². The van der Waals surface area contributed by atoms with Gasteiger partial charge in [0.05, 0.1) is 0 Å². The number of halogens is 2. The van der Waals surface area contributed by atoms with Gasteiger partial charge in [-0.1, -0.05) is 19.9 Å². The number of nitrogens with one attached hydrogen (secondary N) is 1.